The molecule has 154 valence electrons. The summed E-state index contributed by atoms with van der Waals surface area (Å²) in [4.78, 5) is 29.7. The van der Waals surface area contributed by atoms with E-state index < -0.39 is 11.7 Å². The van der Waals surface area contributed by atoms with E-state index in [0.717, 1.165) is 17.7 Å². The van der Waals surface area contributed by atoms with E-state index in [0.29, 0.717) is 25.9 Å². The highest BCUT2D eigenvalue weighted by molar-refractivity contribution is 5.98. The summed E-state index contributed by atoms with van der Waals surface area (Å²) in [7, 11) is 0. The number of hydroxylamine groups is 2. The average Bonchev–Trinajstić information content (AvgIpc) is 2.75. The van der Waals surface area contributed by atoms with Crippen molar-refractivity contribution in [2.45, 2.75) is 38.3 Å². The molecule has 0 saturated carbocycles. The molecule has 7 heteroatoms. The minimum atomic E-state index is -1.00. The fourth-order valence-corrected chi connectivity index (χ4v) is 3.13. The van der Waals surface area contributed by atoms with E-state index >= 15 is 0 Å². The molecule has 1 saturated heterocycles. The van der Waals surface area contributed by atoms with Gasteiger partial charge in [0.05, 0.1) is 5.54 Å². The molecule has 1 heterocycles. The molecule has 29 heavy (non-hydrogen) atoms. The molecule has 2 aromatic carbocycles. The lowest BCUT2D eigenvalue weighted by molar-refractivity contribution is -0.151. The van der Waals surface area contributed by atoms with Crippen molar-refractivity contribution >= 4 is 17.7 Å². The van der Waals surface area contributed by atoms with E-state index in [2.05, 4.69) is 12.2 Å². The second-order valence-electron chi connectivity index (χ2n) is 7.21. The number of ether oxygens (including phenoxy) is 1. The Morgan fingerprint density at radius 2 is 1.69 bits per heavy atom. The molecular weight excluding hydrogens is 370 g/mol. The summed E-state index contributed by atoms with van der Waals surface area (Å²) < 4.78 is 5.11. The summed E-state index contributed by atoms with van der Waals surface area (Å²) in [6, 6.07) is 17.1. The smallest absolute Gasteiger partial charge is 0.428 e. The normalized spacial score (nSPS) is 16.1. The number of hydrogen-bond donors (Lipinski definition) is 2. The van der Waals surface area contributed by atoms with Gasteiger partial charge < -0.3 is 20.6 Å². The highest BCUT2D eigenvalue weighted by Crippen LogP contribution is 2.22. The molecule has 0 spiro atoms. The van der Waals surface area contributed by atoms with E-state index in [9.17, 15) is 9.59 Å². The van der Waals surface area contributed by atoms with Crippen LogP contribution in [-0.2, 0) is 27.4 Å². The SMILES string of the molecule is CCc1ccc(NC(=O)C2(N)CCN(OC(=O)OCc3ccccc3)CC2)cc1. The van der Waals surface area contributed by atoms with Crippen molar-refractivity contribution < 1.29 is 19.2 Å². The zero-order valence-corrected chi connectivity index (χ0v) is 16.6. The summed E-state index contributed by atoms with van der Waals surface area (Å²) in [5.41, 5.74) is 8.13. The van der Waals surface area contributed by atoms with Crippen LogP contribution in [-0.4, -0.2) is 35.8 Å². The standard InChI is InChI=1S/C22H27N3O4/c1-2-17-8-10-19(11-9-17)24-20(26)22(23)12-14-25(15-13-22)29-21(27)28-16-18-6-4-3-5-7-18/h3-11H,2,12-16,23H2,1H3,(H,24,26). The van der Waals surface area contributed by atoms with Crippen LogP contribution in [0, 0.1) is 0 Å². The maximum absolute atomic E-state index is 12.6. The maximum atomic E-state index is 12.6. The number of hydrogen-bond acceptors (Lipinski definition) is 6. The molecule has 1 aliphatic heterocycles. The van der Waals surface area contributed by atoms with Crippen molar-refractivity contribution in [3.63, 3.8) is 0 Å². The predicted octanol–water partition coefficient (Wildman–Crippen LogP) is 3.25. The van der Waals surface area contributed by atoms with Crippen LogP contribution in [0.1, 0.15) is 30.9 Å². The Kier molecular flexibility index (Phi) is 6.85. The number of benzene rings is 2. The third kappa shape index (κ3) is 5.79. The van der Waals surface area contributed by atoms with Gasteiger partial charge in [-0.2, -0.15) is 0 Å². The van der Waals surface area contributed by atoms with Gasteiger partial charge in [-0.1, -0.05) is 49.4 Å². The number of carbonyl (C=O) groups excluding carboxylic acids is 2. The molecular formula is C22H27N3O4. The number of anilines is 1. The van der Waals surface area contributed by atoms with Crippen molar-refractivity contribution in [3.05, 3.63) is 65.7 Å². The Morgan fingerprint density at radius 1 is 1.03 bits per heavy atom. The van der Waals surface area contributed by atoms with E-state index in [-0.39, 0.29) is 12.5 Å². The van der Waals surface area contributed by atoms with Gasteiger partial charge in [0.2, 0.25) is 5.91 Å². The minimum Gasteiger partial charge on any atom is -0.428 e. The van der Waals surface area contributed by atoms with Crippen LogP contribution in [0.15, 0.2) is 54.6 Å². The van der Waals surface area contributed by atoms with Gasteiger partial charge in [-0.05, 0) is 42.5 Å². The number of aryl methyl sites for hydroxylation is 1. The van der Waals surface area contributed by atoms with Crippen molar-refractivity contribution in [2.24, 2.45) is 5.73 Å². The molecule has 3 N–H and O–H groups in total. The predicted molar refractivity (Wildman–Crippen MR) is 110 cm³/mol. The van der Waals surface area contributed by atoms with Crippen LogP contribution in [0.5, 0.6) is 0 Å². The molecule has 2 aromatic rings. The summed E-state index contributed by atoms with van der Waals surface area (Å²) in [5, 5.41) is 4.37. The van der Waals surface area contributed by atoms with E-state index in [1.54, 1.807) is 0 Å². The van der Waals surface area contributed by atoms with Gasteiger partial charge in [-0.15, -0.1) is 5.06 Å². The Labute approximate surface area is 170 Å². The van der Waals surface area contributed by atoms with E-state index in [1.807, 2.05) is 54.6 Å². The lowest BCUT2D eigenvalue weighted by atomic mass is 9.88. The van der Waals surface area contributed by atoms with Crippen molar-refractivity contribution in [1.29, 1.82) is 0 Å². The largest absolute Gasteiger partial charge is 0.528 e. The number of carbonyl (C=O) groups is 2. The van der Waals surface area contributed by atoms with Gasteiger partial charge in [0, 0.05) is 18.8 Å². The van der Waals surface area contributed by atoms with Crippen LogP contribution in [0.2, 0.25) is 0 Å². The Morgan fingerprint density at radius 3 is 2.31 bits per heavy atom. The van der Waals surface area contributed by atoms with Crippen LogP contribution in [0.3, 0.4) is 0 Å². The minimum absolute atomic E-state index is 0.146. The Balaban J connectivity index is 1.44. The third-order valence-electron chi connectivity index (χ3n) is 5.09. The van der Waals surface area contributed by atoms with Gasteiger partial charge >= 0.3 is 6.16 Å². The monoisotopic (exact) mass is 397 g/mol. The van der Waals surface area contributed by atoms with Gasteiger partial charge in [-0.25, -0.2) is 4.79 Å². The maximum Gasteiger partial charge on any atom is 0.528 e. The molecule has 0 bridgehead atoms. The van der Waals surface area contributed by atoms with Crippen LogP contribution < -0.4 is 11.1 Å². The topological polar surface area (TPSA) is 93.9 Å². The first kappa shape index (κ1) is 20.8. The average molecular weight is 397 g/mol. The summed E-state index contributed by atoms with van der Waals surface area (Å²) in [6.07, 6.45) is 0.924. The van der Waals surface area contributed by atoms with Gasteiger partial charge in [0.1, 0.15) is 6.61 Å². The molecule has 0 radical (unpaired) electrons. The van der Waals surface area contributed by atoms with Gasteiger partial charge in [0.15, 0.2) is 0 Å². The molecule has 7 nitrogen and oxygen atoms in total. The fourth-order valence-electron chi connectivity index (χ4n) is 3.13. The lowest BCUT2D eigenvalue weighted by Gasteiger charge is -2.36. The molecule has 1 amide bonds. The van der Waals surface area contributed by atoms with Crippen LogP contribution in [0.25, 0.3) is 0 Å². The molecule has 1 aliphatic rings. The van der Waals surface area contributed by atoms with Crippen LogP contribution >= 0.6 is 0 Å². The Hall–Kier alpha value is -2.90. The first-order valence-corrected chi connectivity index (χ1v) is 9.81. The zero-order chi connectivity index (χ0) is 20.7. The van der Waals surface area contributed by atoms with Crippen molar-refractivity contribution in [1.82, 2.24) is 5.06 Å². The molecule has 0 unspecified atom stereocenters. The first-order chi connectivity index (χ1) is 14.0. The molecule has 3 rings (SSSR count). The van der Waals surface area contributed by atoms with Crippen molar-refractivity contribution in [2.75, 3.05) is 18.4 Å². The third-order valence-corrected chi connectivity index (χ3v) is 5.09. The number of amides is 1. The van der Waals surface area contributed by atoms with Gasteiger partial charge in [0.25, 0.3) is 0 Å². The lowest BCUT2D eigenvalue weighted by Crippen LogP contribution is -2.57. The number of rotatable bonds is 6. The van der Waals surface area contributed by atoms with E-state index in [4.69, 9.17) is 15.3 Å². The number of nitrogens with two attached hydrogens (primary N) is 1. The molecule has 0 atom stereocenters. The number of nitrogens with zero attached hydrogens (tertiary/aromatic N) is 1. The summed E-state index contributed by atoms with van der Waals surface area (Å²) in [6.45, 7) is 2.95. The highest BCUT2D eigenvalue weighted by atomic mass is 16.8. The van der Waals surface area contributed by atoms with Gasteiger partial charge in [-0.3, -0.25) is 4.79 Å². The van der Waals surface area contributed by atoms with Crippen molar-refractivity contribution in [3.8, 4) is 0 Å². The highest BCUT2D eigenvalue weighted by Gasteiger charge is 2.39. The summed E-state index contributed by atoms with van der Waals surface area (Å²) >= 11 is 0. The number of piperidine rings is 1. The Bertz CT molecular complexity index is 816. The molecule has 0 aliphatic carbocycles. The number of nitrogens with one attached hydrogen (secondary N) is 1. The van der Waals surface area contributed by atoms with Crippen LogP contribution in [0.4, 0.5) is 10.5 Å². The second kappa shape index (κ2) is 9.54. The molecule has 1 fully saturated rings. The van der Waals surface area contributed by atoms with E-state index in [1.165, 1.54) is 10.6 Å². The quantitative estimate of drug-likeness (QED) is 0.727. The molecule has 0 aromatic heterocycles. The fraction of sp³-hybridized carbons (Fsp3) is 0.364. The second-order valence-corrected chi connectivity index (χ2v) is 7.21. The summed E-state index contributed by atoms with van der Waals surface area (Å²) in [5.74, 6) is -0.229. The zero-order valence-electron chi connectivity index (χ0n) is 16.6. The first-order valence-electron chi connectivity index (χ1n) is 9.81.